The Labute approximate surface area is 96.8 Å². The third-order valence-corrected chi connectivity index (χ3v) is 7.92. The van der Waals surface area contributed by atoms with Gasteiger partial charge in [0, 0.05) is 0 Å². The van der Waals surface area contributed by atoms with Gasteiger partial charge in [-0.15, -0.1) is 19.7 Å². The van der Waals surface area contributed by atoms with Crippen molar-refractivity contribution in [2.75, 3.05) is 0 Å². The van der Waals surface area contributed by atoms with E-state index in [-0.39, 0.29) is 0 Å². The molecular weight excluding hydrogens is 196 g/mol. The van der Waals surface area contributed by atoms with Gasteiger partial charge in [-0.1, -0.05) is 50.5 Å². The molecule has 0 N–H and O–H groups in total. The molecule has 0 aliphatic carbocycles. The highest BCUT2D eigenvalue weighted by Crippen LogP contribution is 2.29. The van der Waals surface area contributed by atoms with Crippen LogP contribution in [0.1, 0.15) is 26.2 Å². The van der Waals surface area contributed by atoms with E-state index in [0.717, 1.165) is 0 Å². The Balaban J connectivity index is 4.36. The zero-order valence-corrected chi connectivity index (χ0v) is 11.3. The van der Waals surface area contributed by atoms with Gasteiger partial charge in [0.2, 0.25) is 0 Å². The van der Waals surface area contributed by atoms with E-state index in [1.165, 1.54) is 43.4 Å². The van der Waals surface area contributed by atoms with Crippen molar-refractivity contribution in [2.24, 2.45) is 0 Å². The average Bonchev–Trinajstić information content (AvgIpc) is 2.19. The molecule has 1 heteroatoms. The lowest BCUT2D eigenvalue weighted by atomic mass is 10.3. The van der Waals surface area contributed by atoms with E-state index in [0.29, 0.717) is 0 Å². The van der Waals surface area contributed by atoms with Crippen LogP contribution in [0.25, 0.3) is 0 Å². The molecule has 0 bridgehead atoms. The smallest absolute Gasteiger partial charge is 0.0648 e. The first-order chi connectivity index (χ1) is 7.24. The molecule has 0 saturated carbocycles. The van der Waals surface area contributed by atoms with Crippen LogP contribution >= 0.6 is 0 Å². The largest absolute Gasteiger partial charge is 0.103 e. The Morgan fingerprint density at radius 3 is 1.67 bits per heavy atom. The lowest BCUT2D eigenvalue weighted by Gasteiger charge is -2.28. The highest BCUT2D eigenvalue weighted by atomic mass is 28.3. The molecule has 0 fully saturated rings. The molecule has 86 valence electrons. The number of allylic oxidation sites excluding steroid dienone is 3. The van der Waals surface area contributed by atoms with E-state index < -0.39 is 8.07 Å². The van der Waals surface area contributed by atoms with Crippen molar-refractivity contribution in [3.63, 3.8) is 0 Å². The second-order valence-corrected chi connectivity index (χ2v) is 9.16. The van der Waals surface area contributed by atoms with Gasteiger partial charge in [0.25, 0.3) is 0 Å². The van der Waals surface area contributed by atoms with Gasteiger partial charge in [-0.3, -0.25) is 0 Å². The lowest BCUT2D eigenvalue weighted by molar-refractivity contribution is 0.759. The summed E-state index contributed by atoms with van der Waals surface area (Å²) in [5, 5.41) is 0. The lowest BCUT2D eigenvalue weighted by Crippen LogP contribution is -2.31. The first-order valence-corrected chi connectivity index (χ1v) is 8.90. The molecule has 0 aliphatic heterocycles. The molecule has 0 radical (unpaired) electrons. The molecule has 0 aromatic carbocycles. The summed E-state index contributed by atoms with van der Waals surface area (Å²) in [6, 6.07) is 5.06. The Bertz CT molecular complexity index is 167. The summed E-state index contributed by atoms with van der Waals surface area (Å²) >= 11 is 0. The second kappa shape index (κ2) is 8.72. The van der Waals surface area contributed by atoms with Gasteiger partial charge in [0.1, 0.15) is 0 Å². The highest BCUT2D eigenvalue weighted by molar-refractivity contribution is 6.81. The van der Waals surface area contributed by atoms with Gasteiger partial charge in [-0.2, -0.15) is 0 Å². The Hall–Kier alpha value is -0.563. The maximum Gasteiger partial charge on any atom is 0.0648 e. The van der Waals surface area contributed by atoms with Crippen molar-refractivity contribution in [2.45, 2.75) is 50.4 Å². The van der Waals surface area contributed by atoms with Crippen LogP contribution in [-0.4, -0.2) is 8.07 Å². The van der Waals surface area contributed by atoms with E-state index in [1.807, 2.05) is 0 Å². The summed E-state index contributed by atoms with van der Waals surface area (Å²) in [6.07, 6.45) is 10.3. The van der Waals surface area contributed by atoms with Crippen LogP contribution in [0.15, 0.2) is 38.0 Å². The Kier molecular flexibility index (Phi) is 8.39. The van der Waals surface area contributed by atoms with Crippen molar-refractivity contribution in [1.29, 1.82) is 0 Å². The van der Waals surface area contributed by atoms with Crippen molar-refractivity contribution in [1.82, 2.24) is 0 Å². The molecule has 0 aliphatic rings. The summed E-state index contributed by atoms with van der Waals surface area (Å²) in [6.45, 7) is 14.0. The minimum atomic E-state index is -1.19. The van der Waals surface area contributed by atoms with Crippen LogP contribution in [-0.2, 0) is 0 Å². The zero-order chi connectivity index (χ0) is 11.6. The maximum absolute atomic E-state index is 3.90. The molecule has 0 aromatic heterocycles. The molecule has 0 amide bonds. The summed E-state index contributed by atoms with van der Waals surface area (Å²) in [4.78, 5) is 0. The fraction of sp³-hybridized carbons (Fsp3) is 0.571. The molecule has 0 rings (SSSR count). The van der Waals surface area contributed by atoms with E-state index in [2.05, 4.69) is 44.9 Å². The summed E-state index contributed by atoms with van der Waals surface area (Å²) in [5.41, 5.74) is 0. The first kappa shape index (κ1) is 14.4. The standard InChI is InChI=1S/C14H26Si/c1-5-9-10-14-15(11-6-2,12-7-3)13-8-4/h6-8H,2-5,9-14H2,1H3. The molecule has 15 heavy (non-hydrogen) atoms. The summed E-state index contributed by atoms with van der Waals surface area (Å²) in [7, 11) is -1.19. The zero-order valence-electron chi connectivity index (χ0n) is 10.3. The fourth-order valence-electron chi connectivity index (χ4n) is 2.22. The predicted octanol–water partition coefficient (Wildman–Crippen LogP) is 5.18. The molecular formula is C14H26Si. The molecule has 0 aromatic rings. The van der Waals surface area contributed by atoms with Crippen LogP contribution < -0.4 is 0 Å². The predicted molar refractivity (Wildman–Crippen MR) is 75.1 cm³/mol. The van der Waals surface area contributed by atoms with E-state index in [9.17, 15) is 0 Å². The first-order valence-electron chi connectivity index (χ1n) is 6.07. The SMILES string of the molecule is C=CC[Si](CC=C)(CC=C)CCCCC. The van der Waals surface area contributed by atoms with Gasteiger partial charge in [-0.05, 0) is 18.1 Å². The highest BCUT2D eigenvalue weighted by Gasteiger charge is 2.27. The normalized spacial score (nSPS) is 11.0. The van der Waals surface area contributed by atoms with Gasteiger partial charge in [0.05, 0.1) is 8.07 Å². The Morgan fingerprint density at radius 2 is 1.33 bits per heavy atom. The number of hydrogen-bond donors (Lipinski definition) is 0. The molecule has 0 spiro atoms. The topological polar surface area (TPSA) is 0 Å². The van der Waals surface area contributed by atoms with Crippen molar-refractivity contribution in [3.8, 4) is 0 Å². The number of rotatable bonds is 10. The van der Waals surface area contributed by atoms with Gasteiger partial charge >= 0.3 is 0 Å². The van der Waals surface area contributed by atoms with Gasteiger partial charge in [0.15, 0.2) is 0 Å². The number of hydrogen-bond acceptors (Lipinski definition) is 0. The monoisotopic (exact) mass is 222 g/mol. The van der Waals surface area contributed by atoms with Crippen LogP contribution in [0.4, 0.5) is 0 Å². The van der Waals surface area contributed by atoms with E-state index in [4.69, 9.17) is 0 Å². The third kappa shape index (κ3) is 5.78. The van der Waals surface area contributed by atoms with E-state index >= 15 is 0 Å². The van der Waals surface area contributed by atoms with Gasteiger partial charge < -0.3 is 0 Å². The van der Waals surface area contributed by atoms with Crippen LogP contribution in [0.2, 0.25) is 24.2 Å². The Morgan fingerprint density at radius 1 is 0.867 bits per heavy atom. The average molecular weight is 222 g/mol. The van der Waals surface area contributed by atoms with Crippen molar-refractivity contribution < 1.29 is 0 Å². The van der Waals surface area contributed by atoms with Crippen LogP contribution in [0, 0.1) is 0 Å². The van der Waals surface area contributed by atoms with Crippen LogP contribution in [0.3, 0.4) is 0 Å². The van der Waals surface area contributed by atoms with E-state index in [1.54, 1.807) is 0 Å². The molecule has 0 saturated heterocycles. The number of unbranched alkanes of at least 4 members (excludes halogenated alkanes) is 2. The fourth-order valence-corrected chi connectivity index (χ4v) is 6.17. The van der Waals surface area contributed by atoms with Crippen LogP contribution in [0.5, 0.6) is 0 Å². The maximum atomic E-state index is 3.90. The third-order valence-electron chi connectivity index (χ3n) is 3.04. The second-order valence-electron chi connectivity index (χ2n) is 4.44. The summed E-state index contributed by atoms with van der Waals surface area (Å²) in [5.74, 6) is 0. The van der Waals surface area contributed by atoms with Crippen molar-refractivity contribution >= 4 is 8.07 Å². The minimum absolute atomic E-state index is 1.19. The molecule has 0 unspecified atom stereocenters. The quantitative estimate of drug-likeness (QED) is 0.271. The minimum Gasteiger partial charge on any atom is -0.103 e. The molecule has 0 nitrogen and oxygen atoms in total. The molecule has 0 heterocycles. The molecule has 0 atom stereocenters. The van der Waals surface area contributed by atoms with Crippen molar-refractivity contribution in [3.05, 3.63) is 38.0 Å². The summed E-state index contributed by atoms with van der Waals surface area (Å²) < 4.78 is 0. The van der Waals surface area contributed by atoms with Gasteiger partial charge in [-0.25, -0.2) is 0 Å².